The maximum atomic E-state index is 12.2. The van der Waals surface area contributed by atoms with Crippen LogP contribution in [0.5, 0.6) is 0 Å². The maximum absolute atomic E-state index is 12.2. The van der Waals surface area contributed by atoms with Crippen LogP contribution in [0.2, 0.25) is 0 Å². The summed E-state index contributed by atoms with van der Waals surface area (Å²) >= 11 is 0. The van der Waals surface area contributed by atoms with Gasteiger partial charge < -0.3 is 10.5 Å². The zero-order chi connectivity index (χ0) is 13.3. The van der Waals surface area contributed by atoms with Crippen molar-refractivity contribution in [1.82, 2.24) is 0 Å². The van der Waals surface area contributed by atoms with Crippen LogP contribution in [0.1, 0.15) is 25.7 Å². The number of hydrogen-bond acceptors (Lipinski definition) is 2. The van der Waals surface area contributed by atoms with Crippen LogP contribution in [0.4, 0.5) is 26.3 Å². The number of rotatable bonds is 2. The second kappa shape index (κ2) is 5.01. The third kappa shape index (κ3) is 4.02. The predicted molar refractivity (Wildman–Crippen MR) is 47.2 cm³/mol. The summed E-state index contributed by atoms with van der Waals surface area (Å²) in [4.78, 5) is 0. The van der Waals surface area contributed by atoms with Crippen LogP contribution >= 0.6 is 0 Å². The monoisotopic (exact) mass is 265 g/mol. The average Bonchev–Trinajstić information content (AvgIpc) is 2.12. The zero-order valence-corrected chi connectivity index (χ0v) is 8.81. The van der Waals surface area contributed by atoms with Crippen molar-refractivity contribution in [3.63, 3.8) is 0 Å². The van der Waals surface area contributed by atoms with Gasteiger partial charge in [-0.05, 0) is 12.8 Å². The normalized spacial score (nSPS) is 27.5. The van der Waals surface area contributed by atoms with Gasteiger partial charge >= 0.3 is 12.4 Å². The first-order chi connectivity index (χ1) is 7.62. The van der Waals surface area contributed by atoms with Gasteiger partial charge in [-0.15, -0.1) is 0 Å². The van der Waals surface area contributed by atoms with Gasteiger partial charge in [-0.1, -0.05) is 12.8 Å². The molecule has 0 saturated heterocycles. The number of ether oxygens (including phenoxy) is 1. The Morgan fingerprint density at radius 3 is 1.82 bits per heavy atom. The first-order valence-corrected chi connectivity index (χ1v) is 5.17. The topological polar surface area (TPSA) is 35.2 Å². The van der Waals surface area contributed by atoms with Gasteiger partial charge in [0.1, 0.15) is 0 Å². The lowest BCUT2D eigenvalue weighted by atomic mass is 9.93. The fraction of sp³-hybridized carbons (Fsp3) is 1.00. The third-order valence-corrected chi connectivity index (χ3v) is 2.66. The molecule has 0 heterocycles. The highest BCUT2D eigenvalue weighted by Gasteiger charge is 2.59. The zero-order valence-electron chi connectivity index (χ0n) is 8.81. The fourth-order valence-electron chi connectivity index (χ4n) is 1.81. The van der Waals surface area contributed by atoms with Crippen molar-refractivity contribution >= 4 is 0 Å². The molecule has 102 valence electrons. The summed E-state index contributed by atoms with van der Waals surface area (Å²) in [6.45, 7) is 0. The first-order valence-electron chi connectivity index (χ1n) is 5.17. The van der Waals surface area contributed by atoms with Crippen molar-refractivity contribution in [2.75, 3.05) is 0 Å². The lowest BCUT2D eigenvalue weighted by molar-refractivity contribution is -0.333. The minimum atomic E-state index is -5.46. The van der Waals surface area contributed by atoms with Crippen LogP contribution in [0.25, 0.3) is 0 Å². The SMILES string of the molecule is NC1CCCCC1OC(C(F)(F)F)C(F)(F)F. The number of hydrogen-bond donors (Lipinski definition) is 1. The second-order valence-corrected chi connectivity index (χ2v) is 4.09. The van der Waals surface area contributed by atoms with Crippen LogP contribution in [-0.4, -0.2) is 30.6 Å². The summed E-state index contributed by atoms with van der Waals surface area (Å²) in [5.41, 5.74) is 5.45. The van der Waals surface area contributed by atoms with E-state index in [0.29, 0.717) is 19.3 Å². The molecule has 17 heavy (non-hydrogen) atoms. The third-order valence-electron chi connectivity index (χ3n) is 2.66. The number of alkyl halides is 6. The molecule has 0 radical (unpaired) electrons. The summed E-state index contributed by atoms with van der Waals surface area (Å²) < 4.78 is 77.4. The van der Waals surface area contributed by atoms with E-state index < -0.39 is 30.6 Å². The molecule has 0 spiro atoms. The largest absolute Gasteiger partial charge is 0.423 e. The number of nitrogens with two attached hydrogens (primary N) is 1. The summed E-state index contributed by atoms with van der Waals surface area (Å²) in [6.07, 6.45) is -14.1. The standard InChI is InChI=1S/C9H13F6NO/c10-8(11,12)7(9(13,14)15)17-6-4-2-1-3-5(6)16/h5-7H,1-4,16H2. The van der Waals surface area contributed by atoms with Crippen LogP contribution in [-0.2, 0) is 4.74 Å². The van der Waals surface area contributed by atoms with Crippen molar-refractivity contribution in [3.8, 4) is 0 Å². The van der Waals surface area contributed by atoms with Crippen molar-refractivity contribution in [1.29, 1.82) is 0 Å². The van der Waals surface area contributed by atoms with Gasteiger partial charge in [-0.2, -0.15) is 26.3 Å². The lowest BCUT2D eigenvalue weighted by Gasteiger charge is -2.33. The Hall–Kier alpha value is -0.500. The summed E-state index contributed by atoms with van der Waals surface area (Å²) in [5.74, 6) is 0. The van der Waals surface area contributed by atoms with Crippen LogP contribution in [0.15, 0.2) is 0 Å². The van der Waals surface area contributed by atoms with E-state index in [9.17, 15) is 26.3 Å². The molecule has 0 bridgehead atoms. The van der Waals surface area contributed by atoms with Crippen LogP contribution < -0.4 is 5.73 Å². The molecular formula is C9H13F6NO. The molecule has 2 atom stereocenters. The van der Waals surface area contributed by atoms with E-state index in [-0.39, 0.29) is 6.42 Å². The average molecular weight is 265 g/mol. The molecule has 2 N–H and O–H groups in total. The Kier molecular flexibility index (Phi) is 4.29. The number of halogens is 6. The van der Waals surface area contributed by atoms with E-state index in [1.54, 1.807) is 0 Å². The maximum Gasteiger partial charge on any atom is 0.423 e. The van der Waals surface area contributed by atoms with Gasteiger partial charge in [0, 0.05) is 6.04 Å². The molecule has 1 fully saturated rings. The van der Waals surface area contributed by atoms with E-state index in [1.165, 1.54) is 0 Å². The van der Waals surface area contributed by atoms with Gasteiger partial charge in [0.05, 0.1) is 6.10 Å². The van der Waals surface area contributed by atoms with Gasteiger partial charge in [-0.3, -0.25) is 0 Å². The predicted octanol–water partition coefficient (Wildman–Crippen LogP) is 2.77. The van der Waals surface area contributed by atoms with E-state index in [2.05, 4.69) is 4.74 Å². The molecule has 2 nitrogen and oxygen atoms in total. The molecule has 1 aliphatic rings. The molecule has 2 unspecified atom stereocenters. The van der Waals surface area contributed by atoms with E-state index in [1.807, 2.05) is 0 Å². The molecule has 0 amide bonds. The van der Waals surface area contributed by atoms with Gasteiger partial charge in [0.25, 0.3) is 0 Å². The highest BCUT2D eigenvalue weighted by molar-refractivity contribution is 4.84. The fourth-order valence-corrected chi connectivity index (χ4v) is 1.81. The smallest absolute Gasteiger partial charge is 0.356 e. The van der Waals surface area contributed by atoms with E-state index in [0.717, 1.165) is 0 Å². The molecular weight excluding hydrogens is 252 g/mol. The van der Waals surface area contributed by atoms with Crippen LogP contribution in [0, 0.1) is 0 Å². The van der Waals surface area contributed by atoms with Crippen molar-refractivity contribution in [3.05, 3.63) is 0 Å². The summed E-state index contributed by atoms with van der Waals surface area (Å²) in [7, 11) is 0. The Balaban J connectivity index is 2.73. The van der Waals surface area contributed by atoms with Gasteiger partial charge in [0.2, 0.25) is 6.10 Å². The van der Waals surface area contributed by atoms with Gasteiger partial charge in [-0.25, -0.2) is 0 Å². The molecule has 0 aromatic rings. The minimum Gasteiger partial charge on any atom is -0.356 e. The second-order valence-electron chi connectivity index (χ2n) is 4.09. The molecule has 1 saturated carbocycles. The Bertz CT molecular complexity index is 237. The first kappa shape index (κ1) is 14.6. The lowest BCUT2D eigenvalue weighted by Crippen LogP contribution is -2.50. The van der Waals surface area contributed by atoms with E-state index >= 15 is 0 Å². The molecule has 0 aromatic carbocycles. The molecule has 8 heteroatoms. The quantitative estimate of drug-likeness (QED) is 0.779. The highest BCUT2D eigenvalue weighted by atomic mass is 19.4. The van der Waals surface area contributed by atoms with Crippen molar-refractivity contribution in [2.45, 2.75) is 56.3 Å². The van der Waals surface area contributed by atoms with Crippen molar-refractivity contribution < 1.29 is 31.1 Å². The van der Waals surface area contributed by atoms with Crippen LogP contribution in [0.3, 0.4) is 0 Å². The molecule has 0 aliphatic heterocycles. The van der Waals surface area contributed by atoms with Crippen molar-refractivity contribution in [2.24, 2.45) is 5.73 Å². The Morgan fingerprint density at radius 2 is 1.41 bits per heavy atom. The van der Waals surface area contributed by atoms with Gasteiger partial charge in [0.15, 0.2) is 0 Å². The Labute approximate surface area is 94.1 Å². The summed E-state index contributed by atoms with van der Waals surface area (Å²) in [6, 6.07) is -0.768. The molecule has 1 aliphatic carbocycles. The molecule has 0 aromatic heterocycles. The highest BCUT2D eigenvalue weighted by Crippen LogP contribution is 2.37. The minimum absolute atomic E-state index is 0.129. The van der Waals surface area contributed by atoms with E-state index in [4.69, 9.17) is 5.73 Å². The molecule has 1 rings (SSSR count). The summed E-state index contributed by atoms with van der Waals surface area (Å²) in [5, 5.41) is 0. The Morgan fingerprint density at radius 1 is 0.941 bits per heavy atom.